The van der Waals surface area contributed by atoms with E-state index >= 15 is 0 Å². The minimum atomic E-state index is 0.569. The number of para-hydroxylation sites is 1. The van der Waals surface area contributed by atoms with Crippen LogP contribution < -0.4 is 0 Å². The van der Waals surface area contributed by atoms with Crippen LogP contribution in [0.25, 0.3) is 21.7 Å². The van der Waals surface area contributed by atoms with Crippen LogP contribution in [0.3, 0.4) is 0 Å². The fraction of sp³-hybridized carbons (Fsp3) is 0.300. The maximum Gasteiger partial charge on any atom is 0.202 e. The third kappa shape index (κ3) is 3.06. The molecule has 5 rings (SSSR count). The Kier molecular flexibility index (Phi) is 4.07. The molecule has 4 aromatic rings. The molecule has 132 valence electrons. The van der Waals surface area contributed by atoms with Crippen molar-refractivity contribution in [2.24, 2.45) is 0 Å². The standard InChI is InChI=1S/C20H19N3O2S/c1-2-6-19-16(4-1)21-20(26-19)14-7-9-23(10-8-14)13-15-12-18(25-22-15)17-5-3-11-24-17/h1-6,11-12,14H,7-10,13H2. The van der Waals surface area contributed by atoms with Crippen LogP contribution >= 0.6 is 11.3 Å². The predicted octanol–water partition coefficient (Wildman–Crippen LogP) is 4.92. The molecule has 6 heteroatoms. The molecule has 1 aliphatic rings. The highest BCUT2D eigenvalue weighted by molar-refractivity contribution is 7.18. The maximum absolute atomic E-state index is 5.40. The first kappa shape index (κ1) is 15.8. The number of rotatable bonds is 4. The zero-order chi connectivity index (χ0) is 17.3. The fourth-order valence-corrected chi connectivity index (χ4v) is 4.69. The van der Waals surface area contributed by atoms with E-state index in [0.29, 0.717) is 11.7 Å². The Morgan fingerprint density at radius 1 is 1.08 bits per heavy atom. The molecule has 1 aliphatic heterocycles. The van der Waals surface area contributed by atoms with E-state index in [1.165, 1.54) is 9.71 Å². The first-order chi connectivity index (χ1) is 12.8. The number of likely N-dealkylation sites (tertiary alicyclic amines) is 1. The van der Waals surface area contributed by atoms with Gasteiger partial charge in [0.2, 0.25) is 5.76 Å². The van der Waals surface area contributed by atoms with Crippen molar-refractivity contribution in [3.8, 4) is 11.5 Å². The molecule has 0 saturated carbocycles. The second-order valence-corrected chi connectivity index (χ2v) is 7.79. The van der Waals surface area contributed by atoms with Crippen molar-refractivity contribution in [3.05, 3.63) is 59.4 Å². The van der Waals surface area contributed by atoms with Crippen LogP contribution in [0, 0.1) is 0 Å². The molecule has 26 heavy (non-hydrogen) atoms. The van der Waals surface area contributed by atoms with Crippen LogP contribution in [0.15, 0.2) is 57.7 Å². The number of hydrogen-bond acceptors (Lipinski definition) is 6. The Morgan fingerprint density at radius 3 is 2.77 bits per heavy atom. The predicted molar refractivity (Wildman–Crippen MR) is 101 cm³/mol. The number of piperidine rings is 1. The van der Waals surface area contributed by atoms with Crippen LogP contribution in [0.4, 0.5) is 0 Å². The topological polar surface area (TPSA) is 55.3 Å². The van der Waals surface area contributed by atoms with E-state index in [9.17, 15) is 0 Å². The average molecular weight is 365 g/mol. The molecule has 1 fully saturated rings. The zero-order valence-corrected chi connectivity index (χ0v) is 15.1. The molecule has 0 aliphatic carbocycles. The lowest BCUT2D eigenvalue weighted by Crippen LogP contribution is -2.32. The minimum absolute atomic E-state index is 0.569. The monoisotopic (exact) mass is 365 g/mol. The van der Waals surface area contributed by atoms with Gasteiger partial charge in [-0.1, -0.05) is 17.3 Å². The largest absolute Gasteiger partial charge is 0.461 e. The van der Waals surface area contributed by atoms with Gasteiger partial charge < -0.3 is 8.94 Å². The van der Waals surface area contributed by atoms with Crippen molar-refractivity contribution >= 4 is 21.6 Å². The highest BCUT2D eigenvalue weighted by Crippen LogP contribution is 2.34. The highest BCUT2D eigenvalue weighted by atomic mass is 32.1. The molecule has 4 heterocycles. The SMILES string of the molecule is c1coc(-c2cc(CN3CCC(c4nc5ccccc5s4)CC3)no2)c1. The van der Waals surface area contributed by atoms with Crippen molar-refractivity contribution < 1.29 is 8.94 Å². The summed E-state index contributed by atoms with van der Waals surface area (Å²) in [6.07, 6.45) is 3.93. The second kappa shape index (κ2) is 6.70. The van der Waals surface area contributed by atoms with Crippen molar-refractivity contribution in [2.75, 3.05) is 13.1 Å². The van der Waals surface area contributed by atoms with Gasteiger partial charge in [0.25, 0.3) is 0 Å². The number of benzene rings is 1. The van der Waals surface area contributed by atoms with Gasteiger partial charge in [0.1, 0.15) is 0 Å². The second-order valence-electron chi connectivity index (χ2n) is 6.73. The maximum atomic E-state index is 5.40. The number of nitrogens with zero attached hydrogens (tertiary/aromatic N) is 3. The fourth-order valence-electron chi connectivity index (χ4n) is 3.55. The summed E-state index contributed by atoms with van der Waals surface area (Å²) < 4.78 is 12.0. The molecule has 0 spiro atoms. The number of fused-ring (bicyclic) bond motifs is 1. The summed E-state index contributed by atoms with van der Waals surface area (Å²) in [7, 11) is 0. The lowest BCUT2D eigenvalue weighted by molar-refractivity contribution is 0.199. The lowest BCUT2D eigenvalue weighted by atomic mass is 9.97. The molecule has 0 atom stereocenters. The molecule has 0 bridgehead atoms. The van der Waals surface area contributed by atoms with Crippen LogP contribution in [-0.4, -0.2) is 28.1 Å². The van der Waals surface area contributed by atoms with Gasteiger partial charge in [-0.15, -0.1) is 11.3 Å². The van der Waals surface area contributed by atoms with Crippen LogP contribution in [0.2, 0.25) is 0 Å². The normalized spacial score (nSPS) is 16.5. The van der Waals surface area contributed by atoms with Gasteiger partial charge in [0.15, 0.2) is 5.76 Å². The molecule has 1 aromatic carbocycles. The van der Waals surface area contributed by atoms with E-state index in [1.807, 2.05) is 29.5 Å². The molecule has 0 radical (unpaired) electrons. The van der Waals surface area contributed by atoms with E-state index < -0.39 is 0 Å². The van der Waals surface area contributed by atoms with Crippen molar-refractivity contribution in [3.63, 3.8) is 0 Å². The summed E-state index contributed by atoms with van der Waals surface area (Å²) in [6.45, 7) is 2.93. The third-order valence-electron chi connectivity index (χ3n) is 4.96. The molecular weight excluding hydrogens is 346 g/mol. The summed E-state index contributed by atoms with van der Waals surface area (Å²) in [5, 5.41) is 5.47. The lowest BCUT2D eigenvalue weighted by Gasteiger charge is -2.30. The Morgan fingerprint density at radius 2 is 1.96 bits per heavy atom. The van der Waals surface area contributed by atoms with Gasteiger partial charge in [-0.05, 0) is 50.2 Å². The average Bonchev–Trinajstić information content (AvgIpc) is 3.42. The Labute approximate surface area is 155 Å². The van der Waals surface area contributed by atoms with E-state index in [1.54, 1.807) is 6.26 Å². The highest BCUT2D eigenvalue weighted by Gasteiger charge is 2.24. The summed E-state index contributed by atoms with van der Waals surface area (Å²) in [6, 6.07) is 14.1. The van der Waals surface area contributed by atoms with E-state index in [0.717, 1.165) is 49.4 Å². The first-order valence-electron chi connectivity index (χ1n) is 8.92. The van der Waals surface area contributed by atoms with Crippen molar-refractivity contribution in [2.45, 2.75) is 25.3 Å². The molecule has 0 N–H and O–H groups in total. The van der Waals surface area contributed by atoms with Gasteiger partial charge in [0.05, 0.1) is 27.2 Å². The van der Waals surface area contributed by atoms with Crippen LogP contribution in [0.1, 0.15) is 29.5 Å². The third-order valence-corrected chi connectivity index (χ3v) is 6.15. The smallest absolute Gasteiger partial charge is 0.202 e. The van der Waals surface area contributed by atoms with Crippen molar-refractivity contribution in [1.82, 2.24) is 15.0 Å². The van der Waals surface area contributed by atoms with Gasteiger partial charge >= 0.3 is 0 Å². The van der Waals surface area contributed by atoms with E-state index in [-0.39, 0.29) is 0 Å². The Bertz CT molecular complexity index is 964. The number of hydrogen-bond donors (Lipinski definition) is 0. The molecule has 0 amide bonds. The summed E-state index contributed by atoms with van der Waals surface area (Å²) in [5.74, 6) is 1.98. The quantitative estimate of drug-likeness (QED) is 0.513. The number of thiazole rings is 1. The van der Waals surface area contributed by atoms with E-state index in [2.05, 4.69) is 34.3 Å². The van der Waals surface area contributed by atoms with Crippen LogP contribution in [-0.2, 0) is 6.54 Å². The summed E-state index contributed by atoms with van der Waals surface area (Å²) in [5.41, 5.74) is 2.08. The molecule has 0 unspecified atom stereocenters. The number of aromatic nitrogens is 2. The molecule has 1 saturated heterocycles. The van der Waals surface area contributed by atoms with E-state index in [4.69, 9.17) is 13.9 Å². The minimum Gasteiger partial charge on any atom is -0.461 e. The van der Waals surface area contributed by atoms with Gasteiger partial charge in [-0.3, -0.25) is 4.90 Å². The molecular formula is C20H19N3O2S. The zero-order valence-electron chi connectivity index (χ0n) is 14.3. The first-order valence-corrected chi connectivity index (χ1v) is 9.74. The van der Waals surface area contributed by atoms with Gasteiger partial charge in [0, 0.05) is 18.5 Å². The Hall–Kier alpha value is -2.44. The van der Waals surface area contributed by atoms with Gasteiger partial charge in [-0.25, -0.2) is 4.98 Å². The molecule has 3 aromatic heterocycles. The Balaban J connectivity index is 1.22. The summed E-state index contributed by atoms with van der Waals surface area (Å²) in [4.78, 5) is 7.28. The van der Waals surface area contributed by atoms with Gasteiger partial charge in [-0.2, -0.15) is 0 Å². The van der Waals surface area contributed by atoms with Crippen LogP contribution in [0.5, 0.6) is 0 Å². The molecule has 5 nitrogen and oxygen atoms in total. The number of furan rings is 1. The van der Waals surface area contributed by atoms with Crippen molar-refractivity contribution in [1.29, 1.82) is 0 Å². The summed E-state index contributed by atoms with van der Waals surface area (Å²) >= 11 is 1.84.